The zero-order valence-electron chi connectivity index (χ0n) is 15.5. The molecular formula is C23H18FNO4. The number of rotatable bonds is 5. The number of amides is 1. The van der Waals surface area contributed by atoms with E-state index < -0.39 is 6.10 Å². The fourth-order valence-electron chi connectivity index (χ4n) is 3.70. The molecule has 0 aromatic heterocycles. The van der Waals surface area contributed by atoms with Gasteiger partial charge in [0.05, 0.1) is 0 Å². The molecule has 2 aliphatic heterocycles. The highest BCUT2D eigenvalue weighted by Crippen LogP contribution is 2.40. The van der Waals surface area contributed by atoms with E-state index >= 15 is 0 Å². The molecule has 0 N–H and O–H groups in total. The number of benzene rings is 3. The average molecular weight is 391 g/mol. The molecule has 0 aliphatic carbocycles. The predicted octanol–water partition coefficient (Wildman–Crippen LogP) is 4.09. The Balaban J connectivity index is 1.42. The number of carbonyl (C=O) groups is 1. The van der Waals surface area contributed by atoms with Crippen molar-refractivity contribution in [1.29, 1.82) is 0 Å². The number of likely N-dealkylation sites (tertiary alicyclic amines) is 1. The first-order valence-corrected chi connectivity index (χ1v) is 9.35. The lowest BCUT2D eigenvalue weighted by molar-refractivity contribution is -0.165. The number of halogens is 1. The van der Waals surface area contributed by atoms with Gasteiger partial charge in [-0.2, -0.15) is 0 Å². The van der Waals surface area contributed by atoms with Crippen LogP contribution in [0.25, 0.3) is 0 Å². The van der Waals surface area contributed by atoms with Gasteiger partial charge in [-0.05, 0) is 47.5 Å². The summed E-state index contributed by atoms with van der Waals surface area (Å²) >= 11 is 0. The van der Waals surface area contributed by atoms with Gasteiger partial charge in [0.25, 0.3) is 5.91 Å². The molecule has 1 fully saturated rings. The summed E-state index contributed by atoms with van der Waals surface area (Å²) in [6.07, 6.45) is -0.656. The van der Waals surface area contributed by atoms with Gasteiger partial charge >= 0.3 is 0 Å². The molecule has 6 heteroatoms. The molecule has 1 amide bonds. The number of carbonyl (C=O) groups excluding carboxylic acids is 1. The summed E-state index contributed by atoms with van der Waals surface area (Å²) < 4.78 is 30.2. The van der Waals surface area contributed by atoms with E-state index in [2.05, 4.69) is 0 Å². The molecule has 29 heavy (non-hydrogen) atoms. The minimum Gasteiger partial charge on any atom is -0.478 e. The fourth-order valence-corrected chi connectivity index (χ4v) is 3.70. The van der Waals surface area contributed by atoms with Crippen LogP contribution in [0.1, 0.15) is 17.2 Å². The molecule has 2 aliphatic rings. The van der Waals surface area contributed by atoms with Crippen molar-refractivity contribution in [3.63, 3.8) is 0 Å². The van der Waals surface area contributed by atoms with Crippen LogP contribution in [0.15, 0.2) is 72.8 Å². The largest absolute Gasteiger partial charge is 0.478 e. The highest BCUT2D eigenvalue weighted by molar-refractivity contribution is 5.89. The Morgan fingerprint density at radius 1 is 0.966 bits per heavy atom. The van der Waals surface area contributed by atoms with Crippen molar-refractivity contribution in [1.82, 2.24) is 4.90 Å². The Labute approximate surface area is 167 Å². The first kappa shape index (κ1) is 17.6. The average Bonchev–Trinajstić information content (AvgIpc) is 3.22. The van der Waals surface area contributed by atoms with E-state index in [9.17, 15) is 9.18 Å². The summed E-state index contributed by atoms with van der Waals surface area (Å²) in [6.45, 7) is 0.596. The molecule has 0 unspecified atom stereocenters. The number of hydrogen-bond acceptors (Lipinski definition) is 4. The van der Waals surface area contributed by atoms with Gasteiger partial charge < -0.3 is 19.1 Å². The molecule has 5 nitrogen and oxygen atoms in total. The van der Waals surface area contributed by atoms with Gasteiger partial charge in [-0.1, -0.05) is 36.4 Å². The first-order valence-electron chi connectivity index (χ1n) is 9.35. The van der Waals surface area contributed by atoms with Crippen molar-refractivity contribution in [2.24, 2.45) is 0 Å². The maximum atomic E-state index is 13.4. The molecule has 0 saturated carbocycles. The monoisotopic (exact) mass is 391 g/mol. The van der Waals surface area contributed by atoms with E-state index in [4.69, 9.17) is 14.2 Å². The lowest BCUT2D eigenvalue weighted by Crippen LogP contribution is -2.60. The molecule has 1 saturated heterocycles. The molecule has 146 valence electrons. The van der Waals surface area contributed by atoms with Crippen molar-refractivity contribution in [2.75, 3.05) is 6.79 Å². The summed E-state index contributed by atoms with van der Waals surface area (Å²) in [5.41, 5.74) is 1.75. The van der Waals surface area contributed by atoms with Crippen LogP contribution in [0.5, 0.6) is 17.2 Å². The highest BCUT2D eigenvalue weighted by atomic mass is 19.1. The Morgan fingerprint density at radius 2 is 1.72 bits per heavy atom. The zero-order chi connectivity index (χ0) is 19.8. The maximum absolute atomic E-state index is 13.4. The minimum atomic E-state index is -0.656. The Morgan fingerprint density at radius 3 is 2.52 bits per heavy atom. The third-order valence-electron chi connectivity index (χ3n) is 5.16. The fraction of sp³-hybridized carbons (Fsp3) is 0.174. The molecule has 3 aromatic rings. The quantitative estimate of drug-likeness (QED) is 0.615. The van der Waals surface area contributed by atoms with Crippen LogP contribution in [0.4, 0.5) is 4.39 Å². The van der Waals surface area contributed by atoms with E-state index in [1.807, 2.05) is 48.5 Å². The standard InChI is InChI=1S/C23H18FNO4/c24-17-9-7-16(8-10-17)21-22(29-18-4-2-1-3-5-18)23(26)25(21)13-15-6-11-19-20(12-15)28-14-27-19/h1-12,21-22H,13-14H2/t21-,22+/m1/s1. The van der Waals surface area contributed by atoms with Crippen molar-refractivity contribution in [3.8, 4) is 17.2 Å². The predicted molar refractivity (Wildman–Crippen MR) is 103 cm³/mol. The summed E-state index contributed by atoms with van der Waals surface area (Å²) in [7, 11) is 0. The molecule has 2 atom stereocenters. The van der Waals surface area contributed by atoms with Crippen LogP contribution in [-0.4, -0.2) is 23.7 Å². The van der Waals surface area contributed by atoms with Crippen molar-refractivity contribution >= 4 is 5.91 Å². The van der Waals surface area contributed by atoms with Crippen LogP contribution in [0, 0.1) is 5.82 Å². The highest BCUT2D eigenvalue weighted by Gasteiger charge is 2.50. The summed E-state index contributed by atoms with van der Waals surface area (Å²) in [6, 6.07) is 20.7. The number of fused-ring (bicyclic) bond motifs is 1. The van der Waals surface area contributed by atoms with Gasteiger partial charge in [0.2, 0.25) is 12.9 Å². The summed E-state index contributed by atoms with van der Waals surface area (Å²) in [5, 5.41) is 0. The molecular weight excluding hydrogens is 373 g/mol. The lowest BCUT2D eigenvalue weighted by atomic mass is 9.89. The maximum Gasteiger partial charge on any atom is 0.267 e. The van der Waals surface area contributed by atoms with Gasteiger partial charge in [-0.25, -0.2) is 4.39 Å². The Kier molecular flexibility index (Phi) is 4.31. The third-order valence-corrected chi connectivity index (χ3v) is 5.16. The first-order chi connectivity index (χ1) is 14.2. The number of para-hydroxylation sites is 1. The second kappa shape index (κ2) is 7.13. The van der Waals surface area contributed by atoms with Crippen LogP contribution >= 0.6 is 0 Å². The number of ether oxygens (including phenoxy) is 3. The summed E-state index contributed by atoms with van der Waals surface area (Å²) in [5.74, 6) is 1.57. The normalized spacial score (nSPS) is 19.8. The van der Waals surface area contributed by atoms with Gasteiger partial charge in [0.1, 0.15) is 17.6 Å². The SMILES string of the molecule is O=C1[C@@H](Oc2ccccc2)[C@@H](c2ccc(F)cc2)N1Cc1ccc2c(c1)OCO2. The third kappa shape index (κ3) is 3.27. The topological polar surface area (TPSA) is 48.0 Å². The van der Waals surface area contributed by atoms with Gasteiger partial charge in [-0.15, -0.1) is 0 Å². The lowest BCUT2D eigenvalue weighted by Gasteiger charge is -2.46. The smallest absolute Gasteiger partial charge is 0.267 e. The van der Waals surface area contributed by atoms with E-state index in [-0.39, 0.29) is 24.6 Å². The molecule has 3 aromatic carbocycles. The Bertz CT molecular complexity index is 1040. The van der Waals surface area contributed by atoms with E-state index in [0.29, 0.717) is 23.8 Å². The van der Waals surface area contributed by atoms with Crippen molar-refractivity contribution in [3.05, 3.63) is 89.7 Å². The van der Waals surface area contributed by atoms with Gasteiger partial charge in [0.15, 0.2) is 11.5 Å². The van der Waals surface area contributed by atoms with Gasteiger partial charge in [-0.3, -0.25) is 4.79 Å². The minimum absolute atomic E-state index is 0.110. The molecule has 2 heterocycles. The second-order valence-electron chi connectivity index (χ2n) is 7.00. The van der Waals surface area contributed by atoms with Crippen molar-refractivity contribution in [2.45, 2.75) is 18.7 Å². The van der Waals surface area contributed by atoms with Crippen LogP contribution < -0.4 is 14.2 Å². The van der Waals surface area contributed by atoms with Crippen LogP contribution in [-0.2, 0) is 11.3 Å². The number of β-lactam (4-membered cyclic amide) rings is 1. The second-order valence-corrected chi connectivity index (χ2v) is 7.00. The van der Waals surface area contributed by atoms with Gasteiger partial charge in [0, 0.05) is 6.54 Å². The van der Waals surface area contributed by atoms with E-state index in [0.717, 1.165) is 11.1 Å². The van der Waals surface area contributed by atoms with E-state index in [1.165, 1.54) is 12.1 Å². The van der Waals surface area contributed by atoms with E-state index in [1.54, 1.807) is 17.0 Å². The molecule has 0 bridgehead atoms. The van der Waals surface area contributed by atoms with Crippen molar-refractivity contribution < 1.29 is 23.4 Å². The molecule has 0 radical (unpaired) electrons. The number of nitrogens with zero attached hydrogens (tertiary/aromatic N) is 1. The molecule has 5 rings (SSSR count). The zero-order valence-corrected chi connectivity index (χ0v) is 15.5. The van der Waals surface area contributed by atoms with Crippen LogP contribution in [0.2, 0.25) is 0 Å². The number of hydrogen-bond donors (Lipinski definition) is 0. The van der Waals surface area contributed by atoms with Crippen LogP contribution in [0.3, 0.4) is 0 Å². The summed E-state index contributed by atoms with van der Waals surface area (Å²) in [4.78, 5) is 14.7. The Hall–Kier alpha value is -3.54. The molecule has 0 spiro atoms.